The summed E-state index contributed by atoms with van der Waals surface area (Å²) in [6, 6.07) is -0.181. The SMILES string of the molecule is CC1CCC2N(C1)CC1C(C(O)C(O)C3(O)C1CC14OC(=O)C(CC(O)C31)C4(C)CCC(=O)O)C2(C)O. The second-order valence-corrected chi connectivity index (χ2v) is 13.7. The molecule has 2 bridgehead atoms. The highest BCUT2D eigenvalue weighted by Gasteiger charge is 2.83. The van der Waals surface area contributed by atoms with Gasteiger partial charge in [0.1, 0.15) is 17.3 Å². The monoisotopic (exact) mass is 523 g/mol. The van der Waals surface area contributed by atoms with E-state index in [-0.39, 0.29) is 31.7 Å². The lowest BCUT2D eigenvalue weighted by atomic mass is 9.51. The lowest BCUT2D eigenvalue weighted by molar-refractivity contribution is -0.289. The molecule has 208 valence electrons. The van der Waals surface area contributed by atoms with Crippen LogP contribution in [0.2, 0.25) is 0 Å². The van der Waals surface area contributed by atoms with E-state index in [1.54, 1.807) is 6.92 Å². The van der Waals surface area contributed by atoms with Crippen LogP contribution in [0.3, 0.4) is 0 Å². The number of aliphatic hydroxyl groups excluding tert-OH is 3. The number of esters is 1. The molecular formula is C27H41NO9. The number of rotatable bonds is 3. The Morgan fingerprint density at radius 3 is 2.51 bits per heavy atom. The second kappa shape index (κ2) is 7.88. The van der Waals surface area contributed by atoms with Crippen LogP contribution in [0.25, 0.3) is 0 Å². The Morgan fingerprint density at radius 2 is 1.84 bits per heavy atom. The Morgan fingerprint density at radius 1 is 1.14 bits per heavy atom. The molecule has 0 aromatic rings. The highest BCUT2D eigenvalue weighted by atomic mass is 16.6. The molecule has 6 fully saturated rings. The van der Waals surface area contributed by atoms with Gasteiger partial charge in [-0.2, -0.15) is 0 Å². The Kier molecular flexibility index (Phi) is 5.53. The summed E-state index contributed by atoms with van der Waals surface area (Å²) in [4.78, 5) is 26.9. The Bertz CT molecular complexity index is 1000. The van der Waals surface area contributed by atoms with Gasteiger partial charge in [-0.3, -0.25) is 14.5 Å². The molecule has 3 saturated carbocycles. The van der Waals surface area contributed by atoms with Crippen molar-refractivity contribution in [3.05, 3.63) is 0 Å². The van der Waals surface area contributed by atoms with Gasteiger partial charge in [-0.1, -0.05) is 13.8 Å². The van der Waals surface area contributed by atoms with Crippen molar-refractivity contribution in [3.63, 3.8) is 0 Å². The Labute approximate surface area is 216 Å². The van der Waals surface area contributed by atoms with E-state index in [0.717, 1.165) is 19.4 Å². The summed E-state index contributed by atoms with van der Waals surface area (Å²) in [5, 5.41) is 68.2. The molecule has 6 rings (SSSR count). The van der Waals surface area contributed by atoms with Crippen molar-refractivity contribution in [1.82, 2.24) is 4.90 Å². The summed E-state index contributed by atoms with van der Waals surface area (Å²) in [5.41, 5.74) is -5.64. The molecule has 0 aromatic heterocycles. The van der Waals surface area contributed by atoms with Gasteiger partial charge in [-0.15, -0.1) is 0 Å². The minimum atomic E-state index is -1.97. The van der Waals surface area contributed by atoms with Gasteiger partial charge < -0.3 is 35.4 Å². The maximum absolute atomic E-state index is 13.1. The van der Waals surface area contributed by atoms with Gasteiger partial charge in [0.05, 0.1) is 29.6 Å². The van der Waals surface area contributed by atoms with Crippen LogP contribution in [0.4, 0.5) is 0 Å². The maximum Gasteiger partial charge on any atom is 0.310 e. The van der Waals surface area contributed by atoms with Crippen LogP contribution in [0.5, 0.6) is 0 Å². The fraction of sp³-hybridized carbons (Fsp3) is 0.926. The number of hydrogen-bond donors (Lipinski definition) is 6. The van der Waals surface area contributed by atoms with E-state index in [2.05, 4.69) is 11.8 Å². The van der Waals surface area contributed by atoms with Gasteiger partial charge in [0.15, 0.2) is 0 Å². The summed E-state index contributed by atoms with van der Waals surface area (Å²) >= 11 is 0. The average molecular weight is 524 g/mol. The molecule has 3 aliphatic carbocycles. The zero-order chi connectivity index (χ0) is 26.9. The summed E-state index contributed by atoms with van der Waals surface area (Å²) in [7, 11) is 0. The van der Waals surface area contributed by atoms with Crippen molar-refractivity contribution in [1.29, 1.82) is 0 Å². The van der Waals surface area contributed by atoms with Crippen molar-refractivity contribution in [2.45, 2.75) is 100 Å². The molecular weight excluding hydrogens is 482 g/mol. The second-order valence-electron chi connectivity index (χ2n) is 13.7. The largest absolute Gasteiger partial charge is 0.481 e. The van der Waals surface area contributed by atoms with Crippen LogP contribution in [-0.2, 0) is 14.3 Å². The minimum Gasteiger partial charge on any atom is -0.481 e. The maximum atomic E-state index is 13.1. The molecule has 14 atom stereocenters. The fourth-order valence-corrected chi connectivity index (χ4v) is 10.4. The number of aliphatic carboxylic acids is 1. The van der Waals surface area contributed by atoms with Crippen LogP contribution in [0, 0.1) is 40.9 Å². The lowest BCUT2D eigenvalue weighted by Crippen LogP contribution is -2.76. The number of fused-ring (bicyclic) bond motifs is 6. The number of carbonyl (C=O) groups is 2. The molecule has 0 amide bonds. The molecule has 0 aromatic carbocycles. The number of carbonyl (C=O) groups excluding carboxylic acids is 1. The van der Waals surface area contributed by atoms with Crippen LogP contribution in [0.15, 0.2) is 0 Å². The van der Waals surface area contributed by atoms with Gasteiger partial charge >= 0.3 is 11.9 Å². The molecule has 10 nitrogen and oxygen atoms in total. The normalized spacial score (nSPS) is 58.6. The standard InChI is InChI=1S/C27H41NO9/c1-12-4-5-17-25(3,35)19-13(11-28(17)10-12)15-9-26-21(27(15,36)22(33)20(19)32)16(29)8-14(23(34)37-26)24(26,2)7-6-18(30)31/h12-17,19-22,29,32-33,35-36H,4-11H2,1-3H3,(H,30,31). The van der Waals surface area contributed by atoms with E-state index in [1.807, 2.05) is 6.92 Å². The van der Waals surface area contributed by atoms with Gasteiger partial charge in [0.25, 0.3) is 0 Å². The number of piperidine rings is 2. The van der Waals surface area contributed by atoms with E-state index in [1.165, 1.54) is 0 Å². The number of carboxylic acids is 1. The van der Waals surface area contributed by atoms with Crippen molar-refractivity contribution in [2.75, 3.05) is 13.1 Å². The van der Waals surface area contributed by atoms with Gasteiger partial charge in [-0.05, 0) is 56.8 Å². The quantitative estimate of drug-likeness (QED) is 0.271. The van der Waals surface area contributed by atoms with Crippen molar-refractivity contribution in [2.24, 2.45) is 40.9 Å². The zero-order valence-electron chi connectivity index (χ0n) is 21.8. The first-order valence-corrected chi connectivity index (χ1v) is 13.9. The molecule has 3 aliphatic heterocycles. The minimum absolute atomic E-state index is 0.00324. The number of ether oxygens (including phenoxy) is 1. The van der Waals surface area contributed by atoms with Crippen molar-refractivity contribution < 1.29 is 45.0 Å². The Balaban J connectivity index is 1.47. The van der Waals surface area contributed by atoms with E-state index in [0.29, 0.717) is 12.5 Å². The third-order valence-corrected chi connectivity index (χ3v) is 12.0. The number of hydrogen-bond acceptors (Lipinski definition) is 9. The molecule has 37 heavy (non-hydrogen) atoms. The average Bonchev–Trinajstić information content (AvgIpc) is 3.14. The highest BCUT2D eigenvalue weighted by molar-refractivity contribution is 5.78. The first-order valence-electron chi connectivity index (χ1n) is 13.9. The smallest absolute Gasteiger partial charge is 0.310 e. The molecule has 1 spiro atoms. The topological polar surface area (TPSA) is 168 Å². The third-order valence-electron chi connectivity index (χ3n) is 12.0. The predicted molar refractivity (Wildman–Crippen MR) is 128 cm³/mol. The highest BCUT2D eigenvalue weighted by Crippen LogP contribution is 2.72. The number of nitrogens with zero attached hydrogens (tertiary/aromatic N) is 1. The fourth-order valence-electron chi connectivity index (χ4n) is 10.4. The molecule has 0 radical (unpaired) electrons. The van der Waals surface area contributed by atoms with Gasteiger partial charge in [0.2, 0.25) is 0 Å². The van der Waals surface area contributed by atoms with E-state index in [9.17, 15) is 40.2 Å². The van der Waals surface area contributed by atoms with Crippen LogP contribution >= 0.6 is 0 Å². The van der Waals surface area contributed by atoms with E-state index in [4.69, 9.17) is 4.74 Å². The number of aliphatic hydroxyl groups is 5. The van der Waals surface area contributed by atoms with Crippen molar-refractivity contribution >= 4 is 11.9 Å². The summed E-state index contributed by atoms with van der Waals surface area (Å²) in [6.45, 7) is 6.98. The summed E-state index contributed by atoms with van der Waals surface area (Å²) in [5.74, 6) is -4.70. The van der Waals surface area contributed by atoms with Crippen molar-refractivity contribution in [3.8, 4) is 0 Å². The number of carboxylic acid groups (broad SMARTS) is 1. The molecule has 3 heterocycles. The molecule has 10 heteroatoms. The first-order chi connectivity index (χ1) is 17.2. The Hall–Kier alpha value is -1.30. The van der Waals surface area contributed by atoms with E-state index >= 15 is 0 Å². The molecule has 6 N–H and O–H groups in total. The first kappa shape index (κ1) is 26.0. The third kappa shape index (κ3) is 3.03. The van der Waals surface area contributed by atoms with Crippen LogP contribution < -0.4 is 0 Å². The van der Waals surface area contributed by atoms with Crippen LogP contribution in [0.1, 0.15) is 59.3 Å². The predicted octanol–water partition coefficient (Wildman–Crippen LogP) is -0.266. The summed E-state index contributed by atoms with van der Waals surface area (Å²) in [6.07, 6.45) is -2.49. The van der Waals surface area contributed by atoms with Gasteiger partial charge in [-0.25, -0.2) is 0 Å². The van der Waals surface area contributed by atoms with E-state index < -0.39 is 82.1 Å². The molecule has 14 unspecified atom stereocenters. The summed E-state index contributed by atoms with van der Waals surface area (Å²) < 4.78 is 6.09. The molecule has 3 saturated heterocycles. The molecule has 6 aliphatic rings. The van der Waals surface area contributed by atoms with Gasteiger partial charge in [0, 0.05) is 36.9 Å². The van der Waals surface area contributed by atoms with Crippen LogP contribution in [-0.4, -0.2) is 102 Å². The lowest BCUT2D eigenvalue weighted by Gasteiger charge is -2.63. The zero-order valence-corrected chi connectivity index (χ0v) is 21.8.